The van der Waals surface area contributed by atoms with Gasteiger partial charge in [-0.05, 0) is 24.6 Å². The highest BCUT2D eigenvalue weighted by Crippen LogP contribution is 2.22. The number of benzene rings is 1. The Balaban J connectivity index is 3.15. The van der Waals surface area contributed by atoms with Crippen LogP contribution in [-0.2, 0) is 0 Å². The summed E-state index contributed by atoms with van der Waals surface area (Å²) < 4.78 is 0. The second-order valence-corrected chi connectivity index (χ2v) is 2.92. The van der Waals surface area contributed by atoms with Crippen LogP contribution in [0.25, 0.3) is 5.57 Å². The molecule has 0 spiro atoms. The maximum atomic E-state index is 5.73. The van der Waals surface area contributed by atoms with Crippen molar-refractivity contribution >= 4 is 22.9 Å². The Hall–Kier alpha value is -0.950. The van der Waals surface area contributed by atoms with Crippen molar-refractivity contribution in [3.8, 4) is 0 Å². The molecule has 0 amide bonds. The Morgan fingerprint density at radius 1 is 1.55 bits per heavy atom. The molecule has 0 aromatic heterocycles. The van der Waals surface area contributed by atoms with Crippen LogP contribution >= 0.6 is 11.6 Å². The number of anilines is 1. The average Bonchev–Trinajstić information content (AvgIpc) is 1.94. The van der Waals surface area contributed by atoms with Gasteiger partial charge in [-0.3, -0.25) is 0 Å². The van der Waals surface area contributed by atoms with E-state index in [1.165, 1.54) is 0 Å². The summed E-state index contributed by atoms with van der Waals surface area (Å²) in [6, 6.07) is 5.51. The molecule has 58 valence electrons. The lowest BCUT2D eigenvalue weighted by Crippen LogP contribution is -1.87. The van der Waals surface area contributed by atoms with Crippen molar-refractivity contribution in [2.75, 3.05) is 5.73 Å². The Bertz CT molecular complexity index is 292. The van der Waals surface area contributed by atoms with Crippen LogP contribution in [0.1, 0.15) is 12.5 Å². The lowest BCUT2D eigenvalue weighted by Gasteiger charge is -2.01. The molecule has 0 radical (unpaired) electrons. The van der Waals surface area contributed by atoms with Gasteiger partial charge in [0.25, 0.3) is 0 Å². The molecule has 2 heteroatoms. The van der Waals surface area contributed by atoms with Crippen molar-refractivity contribution in [1.82, 2.24) is 0 Å². The van der Waals surface area contributed by atoms with Crippen LogP contribution in [0, 0.1) is 0 Å². The molecule has 1 aromatic rings. The van der Waals surface area contributed by atoms with Gasteiger partial charge < -0.3 is 5.73 Å². The van der Waals surface area contributed by atoms with Crippen LogP contribution in [0.15, 0.2) is 24.8 Å². The number of hydrogen-bond donors (Lipinski definition) is 1. The standard InChI is InChI=1S/C9H10ClN/c1-6(2)7-3-4-8(10)9(11)5-7/h3-5H,1,11H2,2H3. The van der Waals surface area contributed by atoms with Crippen molar-refractivity contribution in [2.45, 2.75) is 6.92 Å². The zero-order valence-electron chi connectivity index (χ0n) is 6.39. The summed E-state index contributed by atoms with van der Waals surface area (Å²) in [6.45, 7) is 5.73. The van der Waals surface area contributed by atoms with E-state index in [-0.39, 0.29) is 0 Å². The van der Waals surface area contributed by atoms with E-state index in [0.717, 1.165) is 11.1 Å². The minimum atomic E-state index is 0.593. The van der Waals surface area contributed by atoms with Gasteiger partial charge in [0.2, 0.25) is 0 Å². The van der Waals surface area contributed by atoms with Crippen molar-refractivity contribution in [2.24, 2.45) is 0 Å². The quantitative estimate of drug-likeness (QED) is 0.640. The largest absolute Gasteiger partial charge is 0.398 e. The first kappa shape index (κ1) is 8.15. The molecule has 0 saturated carbocycles. The number of nitrogens with two attached hydrogens (primary N) is 1. The Morgan fingerprint density at radius 2 is 2.18 bits per heavy atom. The fourth-order valence-corrected chi connectivity index (χ4v) is 0.927. The van der Waals surface area contributed by atoms with Crippen LogP contribution in [0.2, 0.25) is 5.02 Å². The molecule has 0 fully saturated rings. The summed E-state index contributed by atoms with van der Waals surface area (Å²) in [6.07, 6.45) is 0. The van der Waals surface area contributed by atoms with Gasteiger partial charge in [0.05, 0.1) is 10.7 Å². The topological polar surface area (TPSA) is 26.0 Å². The van der Waals surface area contributed by atoms with E-state index in [4.69, 9.17) is 17.3 Å². The smallest absolute Gasteiger partial charge is 0.0635 e. The minimum Gasteiger partial charge on any atom is -0.398 e. The van der Waals surface area contributed by atoms with Crippen LogP contribution in [0.5, 0.6) is 0 Å². The molecule has 0 saturated heterocycles. The Labute approximate surface area is 71.5 Å². The molecular weight excluding hydrogens is 158 g/mol. The third kappa shape index (κ3) is 1.75. The molecule has 1 aromatic carbocycles. The third-order valence-electron chi connectivity index (χ3n) is 1.49. The molecule has 2 N–H and O–H groups in total. The van der Waals surface area contributed by atoms with Crippen LogP contribution in [-0.4, -0.2) is 0 Å². The van der Waals surface area contributed by atoms with E-state index in [9.17, 15) is 0 Å². The monoisotopic (exact) mass is 167 g/mol. The number of halogens is 1. The lowest BCUT2D eigenvalue weighted by atomic mass is 10.1. The molecule has 0 atom stereocenters. The summed E-state index contributed by atoms with van der Waals surface area (Å²) in [4.78, 5) is 0. The summed E-state index contributed by atoms with van der Waals surface area (Å²) in [5, 5.41) is 0.593. The number of rotatable bonds is 1. The first-order valence-corrected chi connectivity index (χ1v) is 3.70. The molecule has 11 heavy (non-hydrogen) atoms. The fourth-order valence-electron chi connectivity index (χ4n) is 0.809. The van der Waals surface area contributed by atoms with Gasteiger partial charge in [0, 0.05) is 0 Å². The summed E-state index contributed by atoms with van der Waals surface area (Å²) in [7, 11) is 0. The lowest BCUT2D eigenvalue weighted by molar-refractivity contribution is 1.57. The minimum absolute atomic E-state index is 0.593. The first-order valence-electron chi connectivity index (χ1n) is 3.32. The normalized spacial score (nSPS) is 9.64. The maximum absolute atomic E-state index is 5.73. The summed E-state index contributed by atoms with van der Waals surface area (Å²) >= 11 is 5.73. The molecule has 1 rings (SSSR count). The predicted molar refractivity (Wildman–Crippen MR) is 50.6 cm³/mol. The van der Waals surface area contributed by atoms with E-state index in [1.807, 2.05) is 19.1 Å². The van der Waals surface area contributed by atoms with Gasteiger partial charge in [-0.2, -0.15) is 0 Å². The van der Waals surface area contributed by atoms with Gasteiger partial charge in [-0.1, -0.05) is 29.8 Å². The van der Waals surface area contributed by atoms with Crippen LogP contribution in [0.3, 0.4) is 0 Å². The summed E-state index contributed by atoms with van der Waals surface area (Å²) in [5.74, 6) is 0. The molecule has 0 aliphatic heterocycles. The highest BCUT2D eigenvalue weighted by Gasteiger charge is 1.97. The highest BCUT2D eigenvalue weighted by atomic mass is 35.5. The second kappa shape index (κ2) is 2.97. The second-order valence-electron chi connectivity index (χ2n) is 2.52. The summed E-state index contributed by atoms with van der Waals surface area (Å²) in [5.41, 5.74) is 8.22. The van der Waals surface area contributed by atoms with Gasteiger partial charge in [-0.15, -0.1) is 0 Å². The Kier molecular flexibility index (Phi) is 2.20. The Morgan fingerprint density at radius 3 is 2.64 bits per heavy atom. The SMILES string of the molecule is C=C(C)c1ccc(Cl)c(N)c1. The van der Waals surface area contributed by atoms with Gasteiger partial charge in [0.1, 0.15) is 0 Å². The molecule has 0 bridgehead atoms. The highest BCUT2D eigenvalue weighted by molar-refractivity contribution is 6.33. The molecule has 0 aliphatic rings. The molecule has 1 nitrogen and oxygen atoms in total. The van der Waals surface area contributed by atoms with Gasteiger partial charge >= 0.3 is 0 Å². The van der Waals surface area contributed by atoms with Crippen molar-refractivity contribution < 1.29 is 0 Å². The maximum Gasteiger partial charge on any atom is 0.0635 e. The van der Waals surface area contributed by atoms with E-state index in [1.54, 1.807) is 6.07 Å². The van der Waals surface area contributed by atoms with Crippen molar-refractivity contribution in [1.29, 1.82) is 0 Å². The molecular formula is C9H10ClN. The van der Waals surface area contributed by atoms with Crippen LogP contribution in [0.4, 0.5) is 5.69 Å². The van der Waals surface area contributed by atoms with E-state index in [0.29, 0.717) is 10.7 Å². The van der Waals surface area contributed by atoms with Crippen LogP contribution < -0.4 is 5.73 Å². The predicted octanol–water partition coefficient (Wildman–Crippen LogP) is 2.96. The van der Waals surface area contributed by atoms with E-state index in [2.05, 4.69) is 6.58 Å². The number of allylic oxidation sites excluding steroid dienone is 1. The first-order chi connectivity index (χ1) is 5.11. The molecule has 0 unspecified atom stereocenters. The average molecular weight is 168 g/mol. The zero-order valence-corrected chi connectivity index (χ0v) is 7.15. The van der Waals surface area contributed by atoms with Gasteiger partial charge in [-0.25, -0.2) is 0 Å². The number of hydrogen-bond acceptors (Lipinski definition) is 1. The van der Waals surface area contributed by atoms with Crippen molar-refractivity contribution in [3.63, 3.8) is 0 Å². The molecule has 0 aliphatic carbocycles. The van der Waals surface area contributed by atoms with E-state index >= 15 is 0 Å². The van der Waals surface area contributed by atoms with Gasteiger partial charge in [0.15, 0.2) is 0 Å². The van der Waals surface area contributed by atoms with E-state index < -0.39 is 0 Å². The molecule has 0 heterocycles. The number of nitrogen functional groups attached to an aromatic ring is 1. The third-order valence-corrected chi connectivity index (χ3v) is 1.83. The fraction of sp³-hybridized carbons (Fsp3) is 0.111. The zero-order chi connectivity index (χ0) is 8.43. The van der Waals surface area contributed by atoms with Crippen molar-refractivity contribution in [3.05, 3.63) is 35.4 Å².